The third kappa shape index (κ3) is 0.790. The van der Waals surface area contributed by atoms with Gasteiger partial charge in [-0.05, 0) is 0 Å². The lowest BCUT2D eigenvalue weighted by molar-refractivity contribution is -0.118. The van der Waals surface area contributed by atoms with E-state index in [9.17, 15) is 4.79 Å². The summed E-state index contributed by atoms with van der Waals surface area (Å²) in [5.41, 5.74) is -0.368. The van der Waals surface area contributed by atoms with Gasteiger partial charge < -0.3 is 0 Å². The molecule has 1 atom stereocenters. The van der Waals surface area contributed by atoms with Gasteiger partial charge in [0.2, 0.25) is 6.41 Å². The molecule has 1 aliphatic rings. The van der Waals surface area contributed by atoms with Gasteiger partial charge in [0, 0.05) is 0 Å². The van der Waals surface area contributed by atoms with Crippen LogP contribution in [-0.4, -0.2) is 23.5 Å². The Kier molecular flexibility index (Phi) is 1.43. The molecule has 1 amide bonds. The van der Waals surface area contributed by atoms with E-state index in [-0.39, 0.29) is 5.50 Å². The molecule has 1 rings (SSSR count). The Labute approximate surface area is 51.1 Å². The van der Waals surface area contributed by atoms with Crippen LogP contribution < -0.4 is 0 Å². The molecule has 5 heteroatoms. The maximum Gasteiger partial charge on any atom is 0.232 e. The molecule has 0 aromatic heterocycles. The van der Waals surface area contributed by atoms with Crippen molar-refractivity contribution in [1.82, 2.24) is 5.01 Å². The topological polar surface area (TPSA) is 45.0 Å². The molecule has 0 aliphatic carbocycles. The fourth-order valence-corrected chi connectivity index (χ4v) is 0.550. The molecule has 0 aromatic carbocycles. The van der Waals surface area contributed by atoms with E-state index >= 15 is 0 Å². The summed E-state index contributed by atoms with van der Waals surface area (Å²) in [4.78, 5) is 9.91. The second-order valence-corrected chi connectivity index (χ2v) is 1.84. The predicted octanol–water partition coefficient (Wildman–Crippen LogP) is 0.390. The van der Waals surface area contributed by atoms with E-state index in [0.29, 0.717) is 13.0 Å². The Morgan fingerprint density at radius 2 is 2.62 bits per heavy atom. The number of carbonyl (C=O) groups excluding carboxylic acids is 1. The molecule has 0 aromatic rings. The van der Waals surface area contributed by atoms with Gasteiger partial charge in [-0.25, -0.2) is 0 Å². The SMILES string of the molecule is O=CN1N=NCC1Cl. The van der Waals surface area contributed by atoms with Gasteiger partial charge in [-0.2, -0.15) is 10.1 Å². The molecule has 4 nitrogen and oxygen atoms in total. The maximum atomic E-state index is 9.91. The molecule has 0 bridgehead atoms. The highest BCUT2D eigenvalue weighted by atomic mass is 35.5. The van der Waals surface area contributed by atoms with Gasteiger partial charge in [0.15, 0.2) is 5.50 Å². The monoisotopic (exact) mass is 133 g/mol. The second kappa shape index (κ2) is 2.09. The Balaban J connectivity index is 2.52. The van der Waals surface area contributed by atoms with Crippen molar-refractivity contribution in [2.24, 2.45) is 10.3 Å². The van der Waals surface area contributed by atoms with Crippen molar-refractivity contribution >= 4 is 18.0 Å². The number of nitrogens with zero attached hydrogens (tertiary/aromatic N) is 3. The maximum absolute atomic E-state index is 9.91. The summed E-state index contributed by atoms with van der Waals surface area (Å²) in [5.74, 6) is 0. The van der Waals surface area contributed by atoms with Crippen LogP contribution in [0.3, 0.4) is 0 Å². The Morgan fingerprint density at radius 3 is 2.88 bits per heavy atom. The molecule has 0 saturated carbocycles. The first-order valence-electron chi connectivity index (χ1n) is 2.09. The average molecular weight is 134 g/mol. The quantitative estimate of drug-likeness (QED) is 0.290. The average Bonchev–Trinajstić information content (AvgIpc) is 2.14. The van der Waals surface area contributed by atoms with Gasteiger partial charge in [0.1, 0.15) is 0 Å². The molecule has 0 saturated heterocycles. The Hall–Kier alpha value is -0.640. The van der Waals surface area contributed by atoms with E-state index in [1.54, 1.807) is 0 Å². The summed E-state index contributed by atoms with van der Waals surface area (Å²) in [7, 11) is 0. The molecular formula is C3H4ClN3O. The first kappa shape index (κ1) is 5.50. The van der Waals surface area contributed by atoms with E-state index in [1.165, 1.54) is 0 Å². The van der Waals surface area contributed by atoms with E-state index in [2.05, 4.69) is 10.3 Å². The molecule has 1 aliphatic heterocycles. The third-order valence-corrected chi connectivity index (χ3v) is 1.13. The van der Waals surface area contributed by atoms with E-state index < -0.39 is 0 Å². The highest BCUT2D eigenvalue weighted by molar-refractivity contribution is 6.21. The number of carbonyl (C=O) groups is 1. The zero-order valence-electron chi connectivity index (χ0n) is 3.99. The molecular weight excluding hydrogens is 130 g/mol. The minimum absolute atomic E-state index is 0.368. The van der Waals surface area contributed by atoms with Gasteiger partial charge in [-0.15, -0.1) is 0 Å². The number of alkyl halides is 1. The number of rotatable bonds is 1. The zero-order valence-corrected chi connectivity index (χ0v) is 4.75. The molecule has 44 valence electrons. The van der Waals surface area contributed by atoms with Crippen LogP contribution in [0.1, 0.15) is 0 Å². The Morgan fingerprint density at radius 1 is 1.88 bits per heavy atom. The van der Waals surface area contributed by atoms with Crippen molar-refractivity contribution in [1.29, 1.82) is 0 Å². The van der Waals surface area contributed by atoms with Gasteiger partial charge in [0.25, 0.3) is 0 Å². The summed E-state index contributed by atoms with van der Waals surface area (Å²) < 4.78 is 0. The lowest BCUT2D eigenvalue weighted by Crippen LogP contribution is -2.21. The molecule has 8 heavy (non-hydrogen) atoms. The minimum Gasteiger partial charge on any atom is -0.277 e. The third-order valence-electron chi connectivity index (χ3n) is 0.794. The predicted molar refractivity (Wildman–Crippen MR) is 27.3 cm³/mol. The van der Waals surface area contributed by atoms with E-state index in [0.717, 1.165) is 5.01 Å². The van der Waals surface area contributed by atoms with Crippen LogP contribution in [0.4, 0.5) is 0 Å². The number of hydrogen-bond acceptors (Lipinski definition) is 3. The zero-order chi connectivity index (χ0) is 5.98. The molecule has 0 fully saturated rings. The smallest absolute Gasteiger partial charge is 0.232 e. The number of halogens is 1. The van der Waals surface area contributed by atoms with Crippen molar-refractivity contribution in [2.75, 3.05) is 6.54 Å². The largest absolute Gasteiger partial charge is 0.277 e. The fourth-order valence-electron chi connectivity index (χ4n) is 0.404. The van der Waals surface area contributed by atoms with Gasteiger partial charge in [-0.3, -0.25) is 4.79 Å². The van der Waals surface area contributed by atoms with Crippen LogP contribution in [0.2, 0.25) is 0 Å². The van der Waals surface area contributed by atoms with E-state index in [1.807, 2.05) is 0 Å². The van der Waals surface area contributed by atoms with Crippen LogP contribution in [0.5, 0.6) is 0 Å². The fraction of sp³-hybridized carbons (Fsp3) is 0.667. The summed E-state index contributed by atoms with van der Waals surface area (Å²) in [6.45, 7) is 0.403. The first-order chi connectivity index (χ1) is 3.84. The van der Waals surface area contributed by atoms with Gasteiger partial charge >= 0.3 is 0 Å². The van der Waals surface area contributed by atoms with Gasteiger partial charge in [-0.1, -0.05) is 16.8 Å². The minimum atomic E-state index is -0.368. The summed E-state index contributed by atoms with van der Waals surface area (Å²) in [6, 6.07) is 0. The van der Waals surface area contributed by atoms with Crippen LogP contribution in [-0.2, 0) is 4.79 Å². The Bertz CT molecular complexity index is 126. The second-order valence-electron chi connectivity index (χ2n) is 1.33. The normalized spacial score (nSPS) is 26.6. The van der Waals surface area contributed by atoms with Gasteiger partial charge in [0.05, 0.1) is 6.54 Å². The number of amides is 1. The van der Waals surface area contributed by atoms with Crippen molar-refractivity contribution < 1.29 is 4.79 Å². The standard InChI is InChI=1S/C3H4ClN3O/c4-3-1-5-6-7(3)2-8/h2-3H,1H2. The summed E-state index contributed by atoms with van der Waals surface area (Å²) >= 11 is 5.49. The lowest BCUT2D eigenvalue weighted by Gasteiger charge is -2.04. The van der Waals surface area contributed by atoms with Crippen molar-refractivity contribution in [3.63, 3.8) is 0 Å². The summed E-state index contributed by atoms with van der Waals surface area (Å²) in [5, 5.41) is 7.97. The van der Waals surface area contributed by atoms with Crippen LogP contribution in [0, 0.1) is 0 Å². The molecule has 1 heterocycles. The first-order valence-corrected chi connectivity index (χ1v) is 2.53. The molecule has 0 N–H and O–H groups in total. The van der Waals surface area contributed by atoms with Crippen molar-refractivity contribution in [2.45, 2.75) is 5.50 Å². The number of hydrogen-bond donors (Lipinski definition) is 0. The molecule has 0 spiro atoms. The molecule has 0 radical (unpaired) electrons. The highest BCUT2D eigenvalue weighted by Crippen LogP contribution is 2.09. The molecule has 1 unspecified atom stereocenters. The van der Waals surface area contributed by atoms with Crippen molar-refractivity contribution in [3.05, 3.63) is 0 Å². The summed E-state index contributed by atoms with van der Waals surface area (Å²) in [6.07, 6.45) is 0.550. The highest BCUT2D eigenvalue weighted by Gasteiger charge is 2.17. The van der Waals surface area contributed by atoms with Crippen LogP contribution in [0.15, 0.2) is 10.3 Å². The lowest BCUT2D eigenvalue weighted by atomic mass is 10.6. The van der Waals surface area contributed by atoms with E-state index in [4.69, 9.17) is 11.6 Å². The van der Waals surface area contributed by atoms with Crippen LogP contribution >= 0.6 is 11.6 Å². The van der Waals surface area contributed by atoms with Crippen LogP contribution in [0.25, 0.3) is 0 Å². The van der Waals surface area contributed by atoms with Crippen molar-refractivity contribution in [3.8, 4) is 0 Å².